The first-order chi connectivity index (χ1) is 9.67. The third kappa shape index (κ3) is 5.59. The summed E-state index contributed by atoms with van der Waals surface area (Å²) in [5.74, 6) is -0.167. The maximum atomic E-state index is 10.6. The van der Waals surface area contributed by atoms with Crippen molar-refractivity contribution in [2.75, 3.05) is 5.75 Å². The average molecular weight is 285 g/mol. The molecule has 0 heterocycles. The van der Waals surface area contributed by atoms with Crippen LogP contribution in [0.1, 0.15) is 12.5 Å². The Morgan fingerprint density at radius 3 is 2.55 bits per heavy atom. The average Bonchev–Trinajstić information content (AvgIpc) is 2.44. The Kier molecular flexibility index (Phi) is 6.94. The molecule has 1 aromatic rings. The molecular formula is C16H15NO2S. The minimum absolute atomic E-state index is 0.282. The SMILES string of the molecule is CCSc1ccc(/C=C/C=C/C=C(\C#N)C(=O)O)cc1. The predicted molar refractivity (Wildman–Crippen MR) is 82.3 cm³/mol. The number of thioether (sulfide) groups is 1. The van der Waals surface area contributed by atoms with Crippen LogP contribution in [0.2, 0.25) is 0 Å². The summed E-state index contributed by atoms with van der Waals surface area (Å²) in [6.45, 7) is 2.11. The third-order valence-corrected chi connectivity index (χ3v) is 3.21. The quantitative estimate of drug-likeness (QED) is 0.372. The zero-order valence-electron chi connectivity index (χ0n) is 11.1. The van der Waals surface area contributed by atoms with Gasteiger partial charge in [-0.05, 0) is 29.5 Å². The Morgan fingerprint density at radius 2 is 2.00 bits per heavy atom. The fourth-order valence-corrected chi connectivity index (χ4v) is 2.04. The smallest absolute Gasteiger partial charge is 0.346 e. The Balaban J connectivity index is 2.61. The first-order valence-corrected chi connectivity index (χ1v) is 7.07. The summed E-state index contributed by atoms with van der Waals surface area (Å²) in [6, 6.07) is 9.79. The molecule has 0 bridgehead atoms. The van der Waals surface area contributed by atoms with E-state index in [1.165, 1.54) is 17.0 Å². The van der Waals surface area contributed by atoms with Gasteiger partial charge in [-0.3, -0.25) is 0 Å². The van der Waals surface area contributed by atoms with Crippen LogP contribution >= 0.6 is 11.8 Å². The van der Waals surface area contributed by atoms with E-state index in [0.29, 0.717) is 0 Å². The lowest BCUT2D eigenvalue weighted by atomic mass is 10.2. The van der Waals surface area contributed by atoms with E-state index in [4.69, 9.17) is 10.4 Å². The molecule has 0 saturated carbocycles. The van der Waals surface area contributed by atoms with Gasteiger partial charge in [-0.25, -0.2) is 4.79 Å². The fraction of sp³-hybridized carbons (Fsp3) is 0.125. The van der Waals surface area contributed by atoms with Gasteiger partial charge in [0.25, 0.3) is 0 Å². The molecule has 102 valence electrons. The van der Waals surface area contributed by atoms with Crippen molar-refractivity contribution in [2.24, 2.45) is 0 Å². The fourth-order valence-electron chi connectivity index (χ4n) is 1.38. The number of allylic oxidation sites excluding steroid dienone is 4. The van der Waals surface area contributed by atoms with E-state index in [1.54, 1.807) is 30.0 Å². The summed E-state index contributed by atoms with van der Waals surface area (Å²) in [4.78, 5) is 11.8. The van der Waals surface area contributed by atoms with Crippen LogP contribution in [0.3, 0.4) is 0 Å². The molecule has 4 heteroatoms. The van der Waals surface area contributed by atoms with Crippen LogP contribution in [0.5, 0.6) is 0 Å². The molecule has 0 unspecified atom stereocenters. The number of nitrogens with zero attached hydrogens (tertiary/aromatic N) is 1. The Morgan fingerprint density at radius 1 is 1.30 bits per heavy atom. The molecule has 0 amide bonds. The molecule has 20 heavy (non-hydrogen) atoms. The van der Waals surface area contributed by atoms with Crippen LogP contribution in [0, 0.1) is 11.3 Å². The highest BCUT2D eigenvalue weighted by Crippen LogP contribution is 2.18. The predicted octanol–water partition coefficient (Wildman–Crippen LogP) is 3.90. The van der Waals surface area contributed by atoms with Crippen LogP contribution in [-0.4, -0.2) is 16.8 Å². The monoisotopic (exact) mass is 285 g/mol. The summed E-state index contributed by atoms with van der Waals surface area (Å²) in [5, 5.41) is 17.2. The number of hydrogen-bond donors (Lipinski definition) is 1. The number of aliphatic carboxylic acids is 1. The lowest BCUT2D eigenvalue weighted by molar-refractivity contribution is -0.132. The van der Waals surface area contributed by atoms with Crippen LogP contribution in [0.4, 0.5) is 0 Å². The molecular weight excluding hydrogens is 270 g/mol. The number of carbonyl (C=O) groups is 1. The maximum absolute atomic E-state index is 10.6. The van der Waals surface area contributed by atoms with Crippen molar-refractivity contribution < 1.29 is 9.90 Å². The van der Waals surface area contributed by atoms with E-state index in [0.717, 1.165) is 11.3 Å². The van der Waals surface area contributed by atoms with Crippen molar-refractivity contribution in [3.8, 4) is 6.07 Å². The number of benzene rings is 1. The zero-order chi connectivity index (χ0) is 14.8. The van der Waals surface area contributed by atoms with Gasteiger partial charge in [0, 0.05) is 4.90 Å². The Bertz CT molecular complexity index is 577. The molecule has 1 aromatic carbocycles. The molecule has 0 radical (unpaired) electrons. The topological polar surface area (TPSA) is 61.1 Å². The normalized spacial score (nSPS) is 11.9. The third-order valence-electron chi connectivity index (χ3n) is 2.32. The summed E-state index contributed by atoms with van der Waals surface area (Å²) in [5.41, 5.74) is 0.786. The number of carboxylic acid groups (broad SMARTS) is 1. The van der Waals surface area contributed by atoms with Crippen LogP contribution in [-0.2, 0) is 4.79 Å². The van der Waals surface area contributed by atoms with Gasteiger partial charge in [-0.15, -0.1) is 11.8 Å². The summed E-state index contributed by atoms with van der Waals surface area (Å²) >= 11 is 1.79. The number of rotatable bonds is 6. The minimum Gasteiger partial charge on any atom is -0.477 e. The van der Waals surface area contributed by atoms with E-state index in [9.17, 15) is 4.79 Å². The second-order valence-corrected chi connectivity index (χ2v) is 5.08. The highest BCUT2D eigenvalue weighted by molar-refractivity contribution is 7.99. The lowest BCUT2D eigenvalue weighted by Crippen LogP contribution is -1.96. The highest BCUT2D eigenvalue weighted by Gasteiger charge is 2.01. The van der Waals surface area contributed by atoms with Crippen molar-refractivity contribution in [1.82, 2.24) is 0 Å². The lowest BCUT2D eigenvalue weighted by Gasteiger charge is -1.98. The van der Waals surface area contributed by atoms with Gasteiger partial charge in [0.1, 0.15) is 11.6 Å². The molecule has 0 aliphatic heterocycles. The first kappa shape index (κ1) is 15.8. The summed E-state index contributed by atoms with van der Waals surface area (Å²) in [7, 11) is 0. The van der Waals surface area contributed by atoms with E-state index < -0.39 is 5.97 Å². The molecule has 0 spiro atoms. The molecule has 0 atom stereocenters. The van der Waals surface area contributed by atoms with Gasteiger partial charge in [-0.2, -0.15) is 5.26 Å². The van der Waals surface area contributed by atoms with Crippen LogP contribution < -0.4 is 0 Å². The minimum atomic E-state index is -1.22. The van der Waals surface area contributed by atoms with Crippen molar-refractivity contribution >= 4 is 23.8 Å². The largest absolute Gasteiger partial charge is 0.477 e. The van der Waals surface area contributed by atoms with E-state index in [-0.39, 0.29) is 5.57 Å². The van der Waals surface area contributed by atoms with Crippen molar-refractivity contribution in [3.05, 3.63) is 59.7 Å². The van der Waals surface area contributed by atoms with Crippen molar-refractivity contribution in [2.45, 2.75) is 11.8 Å². The molecule has 1 rings (SSSR count). The van der Waals surface area contributed by atoms with E-state index in [2.05, 4.69) is 19.1 Å². The molecule has 0 aliphatic rings. The standard InChI is InChI=1S/C16H15NO2S/c1-2-20-15-10-8-13(9-11-15)6-4-3-5-7-14(12-17)16(18)19/h3-11H,2H2,1H3,(H,18,19)/b5-3+,6-4+,14-7+. The van der Waals surface area contributed by atoms with Crippen molar-refractivity contribution in [3.63, 3.8) is 0 Å². The number of nitriles is 1. The second-order valence-electron chi connectivity index (χ2n) is 3.74. The maximum Gasteiger partial charge on any atom is 0.346 e. The van der Waals surface area contributed by atoms with Crippen LogP contribution in [0.15, 0.2) is 59.0 Å². The molecule has 0 aromatic heterocycles. The van der Waals surface area contributed by atoms with Gasteiger partial charge in [0.15, 0.2) is 0 Å². The summed E-state index contributed by atoms with van der Waals surface area (Å²) < 4.78 is 0. The van der Waals surface area contributed by atoms with E-state index in [1.807, 2.05) is 18.2 Å². The molecule has 3 nitrogen and oxygen atoms in total. The molecule has 0 aliphatic carbocycles. The first-order valence-electron chi connectivity index (χ1n) is 6.08. The Hall–Kier alpha value is -2.25. The molecule has 0 fully saturated rings. The van der Waals surface area contributed by atoms with Gasteiger partial charge < -0.3 is 5.11 Å². The number of carboxylic acids is 1. The number of hydrogen-bond acceptors (Lipinski definition) is 3. The van der Waals surface area contributed by atoms with E-state index >= 15 is 0 Å². The highest BCUT2D eigenvalue weighted by atomic mass is 32.2. The van der Waals surface area contributed by atoms with Gasteiger partial charge in [-0.1, -0.05) is 43.4 Å². The zero-order valence-corrected chi connectivity index (χ0v) is 11.9. The molecule has 1 N–H and O–H groups in total. The molecule has 0 saturated heterocycles. The van der Waals surface area contributed by atoms with Gasteiger partial charge >= 0.3 is 5.97 Å². The van der Waals surface area contributed by atoms with Crippen LogP contribution in [0.25, 0.3) is 6.08 Å². The van der Waals surface area contributed by atoms with Crippen molar-refractivity contribution in [1.29, 1.82) is 5.26 Å². The van der Waals surface area contributed by atoms with Gasteiger partial charge in [0.05, 0.1) is 0 Å². The summed E-state index contributed by atoms with van der Waals surface area (Å²) in [6.07, 6.45) is 8.21. The second kappa shape index (κ2) is 8.78. The Labute approximate surface area is 122 Å². The van der Waals surface area contributed by atoms with Gasteiger partial charge in [0.2, 0.25) is 0 Å².